The van der Waals surface area contributed by atoms with Crippen LogP contribution in [0.15, 0.2) is 24.3 Å². The Kier molecular flexibility index (Phi) is 5.95. The fraction of sp³-hybridized carbons (Fsp3) is 0.500. The summed E-state index contributed by atoms with van der Waals surface area (Å²) < 4.78 is 0. The van der Waals surface area contributed by atoms with Crippen molar-refractivity contribution < 1.29 is 0 Å². The lowest BCUT2D eigenvalue weighted by atomic mass is 10.0. The van der Waals surface area contributed by atoms with E-state index in [4.69, 9.17) is 4.98 Å². The molecule has 0 aliphatic rings. The summed E-state index contributed by atoms with van der Waals surface area (Å²) in [5, 5.41) is 4.90. The maximum absolute atomic E-state index is 4.70. The largest absolute Gasteiger partial charge is 0.310 e. The Bertz CT molecular complexity index is 538. The molecule has 1 aromatic carbocycles. The van der Waals surface area contributed by atoms with E-state index in [1.165, 1.54) is 26.7 Å². The summed E-state index contributed by atoms with van der Waals surface area (Å²) in [7, 11) is 0. The second-order valence-electron chi connectivity index (χ2n) is 5.56. The molecule has 0 aliphatic carbocycles. The van der Waals surface area contributed by atoms with Gasteiger partial charge in [0.1, 0.15) is 0 Å². The zero-order valence-corrected chi connectivity index (χ0v) is 14.4. The third kappa shape index (κ3) is 4.39. The fourth-order valence-electron chi connectivity index (χ4n) is 2.41. The highest BCUT2D eigenvalue weighted by atomic mass is 32.1. The third-order valence-corrected chi connectivity index (χ3v) is 4.98. The van der Waals surface area contributed by atoms with Gasteiger partial charge in [-0.25, -0.2) is 4.98 Å². The van der Waals surface area contributed by atoms with Crippen LogP contribution >= 0.6 is 11.3 Å². The van der Waals surface area contributed by atoms with E-state index in [2.05, 4.69) is 57.3 Å². The molecular weight excluding hydrogens is 276 g/mol. The third-order valence-electron chi connectivity index (χ3n) is 3.88. The Morgan fingerprint density at radius 1 is 1.14 bits per heavy atom. The van der Waals surface area contributed by atoms with Gasteiger partial charge in [-0.3, -0.25) is 0 Å². The zero-order chi connectivity index (χ0) is 15.2. The van der Waals surface area contributed by atoms with Crippen LogP contribution in [0.5, 0.6) is 0 Å². The van der Waals surface area contributed by atoms with Crippen molar-refractivity contribution in [1.82, 2.24) is 10.3 Å². The van der Waals surface area contributed by atoms with Gasteiger partial charge in [0.05, 0.1) is 10.7 Å². The van der Waals surface area contributed by atoms with Gasteiger partial charge in [0.15, 0.2) is 0 Å². The normalized spacial score (nSPS) is 12.6. The molecular formula is C18H26N2S. The van der Waals surface area contributed by atoms with Crippen molar-refractivity contribution >= 4 is 11.3 Å². The predicted octanol–water partition coefficient (Wildman–Crippen LogP) is 4.61. The summed E-state index contributed by atoms with van der Waals surface area (Å²) in [6, 6.07) is 9.38. The molecule has 2 aromatic rings. The first kappa shape index (κ1) is 16.2. The number of aryl methyl sites for hydroxylation is 3. The number of thiazole rings is 1. The van der Waals surface area contributed by atoms with Gasteiger partial charge in [-0.15, -0.1) is 11.3 Å². The Morgan fingerprint density at radius 2 is 1.86 bits per heavy atom. The highest BCUT2D eigenvalue weighted by molar-refractivity contribution is 7.11. The summed E-state index contributed by atoms with van der Waals surface area (Å²) >= 11 is 1.83. The average Bonchev–Trinajstić information content (AvgIpc) is 2.82. The van der Waals surface area contributed by atoms with Gasteiger partial charge >= 0.3 is 0 Å². The minimum Gasteiger partial charge on any atom is -0.310 e. The molecule has 0 spiro atoms. The van der Waals surface area contributed by atoms with Crippen molar-refractivity contribution in [3.05, 3.63) is 51.0 Å². The Labute approximate surface area is 132 Å². The quantitative estimate of drug-likeness (QED) is 0.808. The van der Waals surface area contributed by atoms with Gasteiger partial charge in [-0.1, -0.05) is 38.1 Å². The van der Waals surface area contributed by atoms with E-state index >= 15 is 0 Å². The van der Waals surface area contributed by atoms with Crippen LogP contribution in [0.3, 0.4) is 0 Å². The van der Waals surface area contributed by atoms with Crippen LogP contribution < -0.4 is 5.32 Å². The molecule has 0 saturated heterocycles. The molecule has 0 aliphatic heterocycles. The van der Waals surface area contributed by atoms with Gasteiger partial charge in [-0.05, 0) is 44.4 Å². The zero-order valence-electron chi connectivity index (χ0n) is 13.6. The molecule has 1 heterocycles. The molecule has 0 fully saturated rings. The van der Waals surface area contributed by atoms with E-state index in [0.717, 1.165) is 25.8 Å². The SMILES string of the molecule is CCCNC(Cc1nc(C)c(C)s1)c1ccc(CC)cc1. The van der Waals surface area contributed by atoms with Crippen LogP contribution in [0.25, 0.3) is 0 Å². The molecule has 1 aromatic heterocycles. The van der Waals surface area contributed by atoms with E-state index in [0.29, 0.717) is 6.04 Å². The minimum absolute atomic E-state index is 0.362. The summed E-state index contributed by atoms with van der Waals surface area (Å²) in [6.45, 7) is 9.70. The second kappa shape index (κ2) is 7.71. The molecule has 1 unspecified atom stereocenters. The highest BCUT2D eigenvalue weighted by Gasteiger charge is 2.14. The maximum atomic E-state index is 4.70. The first-order valence-electron chi connectivity index (χ1n) is 7.89. The van der Waals surface area contributed by atoms with E-state index in [1.54, 1.807) is 0 Å². The van der Waals surface area contributed by atoms with Gasteiger partial charge in [0, 0.05) is 17.3 Å². The van der Waals surface area contributed by atoms with Crippen molar-refractivity contribution in [1.29, 1.82) is 0 Å². The number of nitrogens with zero attached hydrogens (tertiary/aromatic N) is 1. The van der Waals surface area contributed by atoms with Gasteiger partial charge in [0.2, 0.25) is 0 Å². The maximum Gasteiger partial charge on any atom is 0.0949 e. The Hall–Kier alpha value is -1.19. The number of aromatic nitrogens is 1. The van der Waals surface area contributed by atoms with Crippen molar-refractivity contribution in [2.75, 3.05) is 6.54 Å². The van der Waals surface area contributed by atoms with Gasteiger partial charge in [-0.2, -0.15) is 0 Å². The van der Waals surface area contributed by atoms with Crippen molar-refractivity contribution in [3.63, 3.8) is 0 Å². The molecule has 0 bridgehead atoms. The molecule has 2 rings (SSSR count). The molecule has 3 heteroatoms. The number of hydrogen-bond acceptors (Lipinski definition) is 3. The smallest absolute Gasteiger partial charge is 0.0949 e. The molecule has 1 N–H and O–H groups in total. The summed E-state index contributed by atoms with van der Waals surface area (Å²) in [5.74, 6) is 0. The van der Waals surface area contributed by atoms with Crippen molar-refractivity contribution in [2.45, 2.75) is 53.0 Å². The first-order chi connectivity index (χ1) is 10.1. The fourth-order valence-corrected chi connectivity index (χ4v) is 3.39. The first-order valence-corrected chi connectivity index (χ1v) is 8.70. The van der Waals surface area contributed by atoms with Gasteiger partial charge < -0.3 is 5.32 Å². The number of nitrogens with one attached hydrogen (secondary N) is 1. The van der Waals surface area contributed by atoms with Crippen LogP contribution in [0.1, 0.15) is 53.0 Å². The summed E-state index contributed by atoms with van der Waals surface area (Å²) in [4.78, 5) is 6.03. The molecule has 0 saturated carbocycles. The lowest BCUT2D eigenvalue weighted by molar-refractivity contribution is 0.528. The van der Waals surface area contributed by atoms with Crippen LogP contribution in [0, 0.1) is 13.8 Å². The van der Waals surface area contributed by atoms with E-state index < -0.39 is 0 Å². The van der Waals surface area contributed by atoms with E-state index in [-0.39, 0.29) is 0 Å². The summed E-state index contributed by atoms with van der Waals surface area (Å²) in [6.07, 6.45) is 3.22. The molecule has 0 radical (unpaired) electrons. The molecule has 1 atom stereocenters. The summed E-state index contributed by atoms with van der Waals surface area (Å²) in [5.41, 5.74) is 3.94. The van der Waals surface area contributed by atoms with Crippen LogP contribution in [0.2, 0.25) is 0 Å². The molecule has 2 nitrogen and oxygen atoms in total. The second-order valence-corrected chi connectivity index (χ2v) is 6.84. The highest BCUT2D eigenvalue weighted by Crippen LogP contribution is 2.24. The number of rotatable bonds is 7. The van der Waals surface area contributed by atoms with Crippen molar-refractivity contribution in [2.24, 2.45) is 0 Å². The van der Waals surface area contributed by atoms with Crippen LogP contribution in [-0.2, 0) is 12.8 Å². The number of benzene rings is 1. The molecule has 21 heavy (non-hydrogen) atoms. The lowest BCUT2D eigenvalue weighted by Crippen LogP contribution is -2.24. The molecule has 0 amide bonds. The van der Waals surface area contributed by atoms with Gasteiger partial charge in [0.25, 0.3) is 0 Å². The number of hydrogen-bond donors (Lipinski definition) is 1. The standard InChI is InChI=1S/C18H26N2S/c1-5-11-19-17(12-18-20-13(3)14(4)21-18)16-9-7-15(6-2)8-10-16/h7-10,17,19H,5-6,11-12H2,1-4H3. The van der Waals surface area contributed by atoms with Crippen LogP contribution in [-0.4, -0.2) is 11.5 Å². The Morgan fingerprint density at radius 3 is 2.38 bits per heavy atom. The van der Waals surface area contributed by atoms with Crippen LogP contribution in [0.4, 0.5) is 0 Å². The predicted molar refractivity (Wildman–Crippen MR) is 92.1 cm³/mol. The minimum atomic E-state index is 0.362. The van der Waals surface area contributed by atoms with E-state index in [9.17, 15) is 0 Å². The lowest BCUT2D eigenvalue weighted by Gasteiger charge is -2.18. The topological polar surface area (TPSA) is 24.9 Å². The Balaban J connectivity index is 2.16. The monoisotopic (exact) mass is 302 g/mol. The van der Waals surface area contributed by atoms with E-state index in [1.807, 2.05) is 11.3 Å². The molecule has 114 valence electrons. The van der Waals surface area contributed by atoms with Crippen molar-refractivity contribution in [3.8, 4) is 0 Å². The average molecular weight is 302 g/mol.